The standard InChI is InChI=1S/C52H98NO9P/c1-3-5-7-9-11-13-15-17-19-21-23-24-25-26-27-28-30-32-34-36-38-40-42-44-51(54)62-49(47-60-63(57,58)61-48-50(53)52(55)56)46-59-45-43-41-39-37-35-33-31-29-22-20-18-16-14-12-10-8-6-4-2/h12,14,18,20-21,23,49-50H,3-11,13,15-17,19,22,24-48,53H2,1-2H3,(H,55,56)(H,57,58)/b14-12-,20-18-,23-21-. The van der Waals surface area contributed by atoms with Crippen LogP contribution >= 0.6 is 7.82 Å². The Morgan fingerprint density at radius 2 is 0.873 bits per heavy atom. The Hall–Kier alpha value is -1.81. The van der Waals surface area contributed by atoms with Crippen molar-refractivity contribution in [1.82, 2.24) is 0 Å². The topological polar surface area (TPSA) is 155 Å². The maximum atomic E-state index is 12.7. The van der Waals surface area contributed by atoms with Crippen LogP contribution in [0.15, 0.2) is 36.5 Å². The van der Waals surface area contributed by atoms with Crippen LogP contribution in [0.4, 0.5) is 0 Å². The Kier molecular flexibility index (Phi) is 46.7. The Labute approximate surface area is 387 Å². The number of nitrogens with two attached hydrogens (primary N) is 1. The molecule has 11 heteroatoms. The summed E-state index contributed by atoms with van der Waals surface area (Å²) in [4.78, 5) is 33.7. The molecule has 4 N–H and O–H groups in total. The fourth-order valence-electron chi connectivity index (χ4n) is 7.34. The van der Waals surface area contributed by atoms with Gasteiger partial charge in [-0.05, 0) is 70.6 Å². The van der Waals surface area contributed by atoms with Gasteiger partial charge in [0.05, 0.1) is 19.8 Å². The molecule has 0 radical (unpaired) electrons. The largest absolute Gasteiger partial charge is 0.480 e. The van der Waals surface area contributed by atoms with E-state index in [1.54, 1.807) is 0 Å². The van der Waals surface area contributed by atoms with Crippen molar-refractivity contribution in [3.05, 3.63) is 36.5 Å². The number of carboxylic acid groups (broad SMARTS) is 1. The summed E-state index contributed by atoms with van der Waals surface area (Å²) in [5.41, 5.74) is 5.38. The van der Waals surface area contributed by atoms with Crippen LogP contribution in [0, 0.1) is 0 Å². The number of carbonyl (C=O) groups is 2. The Morgan fingerprint density at radius 3 is 1.33 bits per heavy atom. The lowest BCUT2D eigenvalue weighted by Crippen LogP contribution is -2.34. The van der Waals surface area contributed by atoms with Crippen molar-refractivity contribution in [2.24, 2.45) is 5.73 Å². The summed E-state index contributed by atoms with van der Waals surface area (Å²) in [5, 5.41) is 8.93. The predicted octanol–water partition coefficient (Wildman–Crippen LogP) is 15.2. The molecule has 3 unspecified atom stereocenters. The number of esters is 1. The first-order chi connectivity index (χ1) is 30.7. The van der Waals surface area contributed by atoms with Crippen molar-refractivity contribution in [2.45, 2.75) is 257 Å². The van der Waals surface area contributed by atoms with Crippen molar-refractivity contribution in [1.29, 1.82) is 0 Å². The monoisotopic (exact) mass is 912 g/mol. The number of hydrogen-bond acceptors (Lipinski definition) is 8. The van der Waals surface area contributed by atoms with E-state index in [1.807, 2.05) is 0 Å². The fraction of sp³-hybridized carbons (Fsp3) is 0.846. The van der Waals surface area contributed by atoms with E-state index in [-0.39, 0.29) is 13.0 Å². The van der Waals surface area contributed by atoms with Crippen LogP contribution < -0.4 is 5.73 Å². The average Bonchev–Trinajstić information content (AvgIpc) is 3.26. The van der Waals surface area contributed by atoms with Crippen LogP contribution in [0.25, 0.3) is 0 Å². The molecule has 370 valence electrons. The number of phosphoric acid groups is 1. The molecule has 0 saturated carbocycles. The zero-order chi connectivity index (χ0) is 46.2. The lowest BCUT2D eigenvalue weighted by Gasteiger charge is -2.20. The minimum absolute atomic E-state index is 0.0144. The van der Waals surface area contributed by atoms with Crippen LogP contribution in [-0.2, 0) is 32.7 Å². The third-order valence-electron chi connectivity index (χ3n) is 11.4. The number of hydrogen-bond donors (Lipinski definition) is 3. The van der Waals surface area contributed by atoms with Crippen LogP contribution in [-0.4, -0.2) is 60.5 Å². The van der Waals surface area contributed by atoms with E-state index in [0.717, 1.165) is 51.4 Å². The van der Waals surface area contributed by atoms with Crippen molar-refractivity contribution in [3.63, 3.8) is 0 Å². The molecule has 0 aromatic carbocycles. The van der Waals surface area contributed by atoms with Gasteiger partial charge in [-0.15, -0.1) is 0 Å². The van der Waals surface area contributed by atoms with Crippen molar-refractivity contribution < 1.29 is 42.7 Å². The number of phosphoric ester groups is 1. The van der Waals surface area contributed by atoms with E-state index in [0.29, 0.717) is 13.0 Å². The summed E-state index contributed by atoms with van der Waals surface area (Å²) in [6.07, 6.45) is 56.3. The van der Waals surface area contributed by atoms with E-state index in [2.05, 4.69) is 50.3 Å². The van der Waals surface area contributed by atoms with Gasteiger partial charge >= 0.3 is 19.8 Å². The second-order valence-corrected chi connectivity index (χ2v) is 19.1. The van der Waals surface area contributed by atoms with Gasteiger partial charge in [0.15, 0.2) is 0 Å². The molecular formula is C52H98NO9P. The number of rotatable bonds is 50. The van der Waals surface area contributed by atoms with Crippen molar-refractivity contribution in [2.75, 3.05) is 26.4 Å². The van der Waals surface area contributed by atoms with E-state index in [9.17, 15) is 19.0 Å². The molecule has 0 aliphatic heterocycles. The molecule has 0 aromatic heterocycles. The van der Waals surface area contributed by atoms with Crippen molar-refractivity contribution >= 4 is 19.8 Å². The second kappa shape index (κ2) is 48.1. The minimum atomic E-state index is -4.62. The Morgan fingerprint density at radius 1 is 0.508 bits per heavy atom. The number of carbonyl (C=O) groups excluding carboxylic acids is 1. The third-order valence-corrected chi connectivity index (χ3v) is 12.3. The summed E-state index contributed by atoms with van der Waals surface area (Å²) in [6.45, 7) is 3.88. The molecule has 3 atom stereocenters. The first-order valence-corrected chi connectivity index (χ1v) is 27.5. The normalized spacial score (nSPS) is 14.0. The van der Waals surface area contributed by atoms with E-state index >= 15 is 0 Å². The van der Waals surface area contributed by atoms with Gasteiger partial charge in [0.1, 0.15) is 12.1 Å². The number of allylic oxidation sites excluding steroid dienone is 6. The average molecular weight is 912 g/mol. The van der Waals surface area contributed by atoms with Crippen LogP contribution in [0.1, 0.15) is 245 Å². The Balaban J connectivity index is 4.11. The summed E-state index contributed by atoms with van der Waals surface area (Å²) in [5.74, 6) is -1.77. The summed E-state index contributed by atoms with van der Waals surface area (Å²) < 4.78 is 33.5. The Bertz CT molecular complexity index is 1150. The van der Waals surface area contributed by atoms with E-state index in [1.165, 1.54) is 167 Å². The highest BCUT2D eigenvalue weighted by atomic mass is 31.2. The quantitative estimate of drug-likeness (QED) is 0.0232. The van der Waals surface area contributed by atoms with Gasteiger partial charge in [-0.1, -0.05) is 204 Å². The van der Waals surface area contributed by atoms with E-state index < -0.39 is 45.1 Å². The lowest BCUT2D eigenvalue weighted by molar-refractivity contribution is -0.154. The van der Waals surface area contributed by atoms with Gasteiger partial charge in [0.25, 0.3) is 0 Å². The SMILES string of the molecule is CCCCC/C=C\C/C=C\CCCCCCCCCCOCC(COP(=O)(O)OCC(N)C(=O)O)OC(=O)CCCCCCCCCCCCC/C=C\CCCCCCCCCC. The van der Waals surface area contributed by atoms with E-state index in [4.69, 9.17) is 29.4 Å². The maximum absolute atomic E-state index is 12.7. The number of ether oxygens (including phenoxy) is 2. The number of unbranched alkanes of at least 4 members (excludes halogenated alkanes) is 30. The number of carboxylic acids is 1. The van der Waals surface area contributed by atoms with Gasteiger partial charge in [-0.3, -0.25) is 18.6 Å². The highest BCUT2D eigenvalue weighted by molar-refractivity contribution is 7.47. The number of aliphatic carboxylic acids is 1. The smallest absolute Gasteiger partial charge is 0.472 e. The van der Waals surface area contributed by atoms with Crippen LogP contribution in [0.5, 0.6) is 0 Å². The highest BCUT2D eigenvalue weighted by Gasteiger charge is 2.27. The molecule has 0 saturated heterocycles. The first-order valence-electron chi connectivity index (χ1n) is 26.0. The fourth-order valence-corrected chi connectivity index (χ4v) is 8.11. The summed E-state index contributed by atoms with van der Waals surface area (Å²) in [7, 11) is -4.62. The molecular weight excluding hydrogens is 814 g/mol. The zero-order valence-electron chi connectivity index (χ0n) is 40.7. The second-order valence-electron chi connectivity index (χ2n) is 17.6. The van der Waals surface area contributed by atoms with Gasteiger partial charge < -0.3 is 25.2 Å². The predicted molar refractivity (Wildman–Crippen MR) is 263 cm³/mol. The molecule has 0 aromatic rings. The molecule has 63 heavy (non-hydrogen) atoms. The lowest BCUT2D eigenvalue weighted by atomic mass is 10.0. The van der Waals surface area contributed by atoms with Gasteiger partial charge in [0, 0.05) is 13.0 Å². The highest BCUT2D eigenvalue weighted by Crippen LogP contribution is 2.43. The molecule has 0 heterocycles. The van der Waals surface area contributed by atoms with Crippen LogP contribution in [0.3, 0.4) is 0 Å². The van der Waals surface area contributed by atoms with Gasteiger partial charge in [-0.25, -0.2) is 4.57 Å². The zero-order valence-corrected chi connectivity index (χ0v) is 41.6. The summed E-state index contributed by atoms with van der Waals surface area (Å²) in [6, 6.07) is -1.47. The van der Waals surface area contributed by atoms with Gasteiger partial charge in [-0.2, -0.15) is 0 Å². The molecule has 0 amide bonds. The minimum Gasteiger partial charge on any atom is -0.480 e. The van der Waals surface area contributed by atoms with Crippen molar-refractivity contribution in [3.8, 4) is 0 Å². The molecule has 0 aliphatic rings. The van der Waals surface area contributed by atoms with Crippen LogP contribution in [0.2, 0.25) is 0 Å². The summed E-state index contributed by atoms with van der Waals surface area (Å²) >= 11 is 0. The third kappa shape index (κ3) is 48.0. The molecule has 0 aliphatic carbocycles. The first kappa shape index (κ1) is 61.2. The maximum Gasteiger partial charge on any atom is 0.472 e. The molecule has 0 rings (SSSR count). The van der Waals surface area contributed by atoms with Gasteiger partial charge in [0.2, 0.25) is 0 Å². The molecule has 0 fully saturated rings. The molecule has 10 nitrogen and oxygen atoms in total. The molecule has 0 bridgehead atoms. The molecule has 0 spiro atoms.